The largest absolute Gasteiger partial charge is 0.313 e. The minimum absolute atomic E-state index is 0.603. The van der Waals surface area contributed by atoms with Crippen molar-refractivity contribution in [2.45, 2.75) is 6.92 Å². The van der Waals surface area contributed by atoms with Gasteiger partial charge in [-0.3, -0.25) is 4.57 Å². The SMILES string of the molecule is C=c1/c(=C\c2c(C)n(-c3ccccc3)c3ccccc23)c2ccc3ccccc3c2n1-c1nc(-c2ccc3ccccc3c2)c2ccccc2n1. The molecule has 0 radical (unpaired) electrons. The Kier molecular flexibility index (Phi) is 6.52. The molecule has 0 aliphatic heterocycles. The maximum atomic E-state index is 5.39. The van der Waals surface area contributed by atoms with Gasteiger partial charge in [0.2, 0.25) is 5.95 Å². The van der Waals surface area contributed by atoms with E-state index in [0.717, 1.165) is 60.1 Å². The second kappa shape index (κ2) is 11.4. The number of rotatable bonds is 4. The number of hydrogen-bond donors (Lipinski definition) is 0. The maximum Gasteiger partial charge on any atom is 0.235 e. The third kappa shape index (κ3) is 4.54. The molecule has 0 aliphatic rings. The fourth-order valence-electron chi connectivity index (χ4n) is 7.86. The molecule has 0 saturated carbocycles. The van der Waals surface area contributed by atoms with E-state index in [-0.39, 0.29) is 0 Å². The van der Waals surface area contributed by atoms with Crippen LogP contribution in [0.25, 0.3) is 89.8 Å². The Morgan fingerprint density at radius 1 is 0.549 bits per heavy atom. The Balaban J connectivity index is 1.30. The Morgan fingerprint density at radius 2 is 1.22 bits per heavy atom. The van der Waals surface area contributed by atoms with E-state index in [1.807, 2.05) is 6.07 Å². The molecular weight excluding hydrogens is 621 g/mol. The molecule has 0 amide bonds. The molecule has 0 N–H and O–H groups in total. The van der Waals surface area contributed by atoms with E-state index in [1.165, 1.54) is 32.9 Å². The number of hydrogen-bond acceptors (Lipinski definition) is 2. The van der Waals surface area contributed by atoms with Crippen LogP contribution in [0, 0.1) is 6.92 Å². The van der Waals surface area contributed by atoms with Gasteiger partial charge in [0.25, 0.3) is 0 Å². The fraction of sp³-hybridized carbons (Fsp3) is 0.0213. The summed E-state index contributed by atoms with van der Waals surface area (Å²) in [5.74, 6) is 0.603. The van der Waals surface area contributed by atoms with Crippen molar-refractivity contribution in [3.8, 4) is 22.9 Å². The minimum Gasteiger partial charge on any atom is -0.313 e. The van der Waals surface area contributed by atoms with E-state index in [4.69, 9.17) is 16.5 Å². The number of aromatic nitrogens is 4. The summed E-state index contributed by atoms with van der Waals surface area (Å²) < 4.78 is 4.52. The smallest absolute Gasteiger partial charge is 0.235 e. The summed E-state index contributed by atoms with van der Waals surface area (Å²) in [6.07, 6.45) is 2.32. The molecule has 0 bridgehead atoms. The van der Waals surface area contributed by atoms with Crippen molar-refractivity contribution in [1.82, 2.24) is 19.1 Å². The first-order chi connectivity index (χ1) is 25.1. The van der Waals surface area contributed by atoms with E-state index >= 15 is 0 Å². The minimum atomic E-state index is 0.603. The van der Waals surface area contributed by atoms with Crippen molar-refractivity contribution in [3.63, 3.8) is 0 Å². The van der Waals surface area contributed by atoms with E-state index in [9.17, 15) is 0 Å². The molecule has 7 aromatic carbocycles. The second-order valence-corrected chi connectivity index (χ2v) is 13.2. The predicted octanol–water partition coefficient (Wildman–Crippen LogP) is 10.0. The van der Waals surface area contributed by atoms with Gasteiger partial charge in [-0.05, 0) is 59.5 Å². The summed E-state index contributed by atoms with van der Waals surface area (Å²) in [7, 11) is 0. The Labute approximate surface area is 294 Å². The molecule has 3 aromatic heterocycles. The molecule has 0 spiro atoms. The van der Waals surface area contributed by atoms with Gasteiger partial charge in [0.05, 0.1) is 22.2 Å². The number of benzene rings is 7. The molecule has 4 heteroatoms. The van der Waals surface area contributed by atoms with Crippen LogP contribution in [-0.2, 0) is 0 Å². The fourth-order valence-corrected chi connectivity index (χ4v) is 7.86. The summed E-state index contributed by atoms with van der Waals surface area (Å²) in [6, 6.07) is 55.5. The van der Waals surface area contributed by atoms with E-state index in [2.05, 4.69) is 174 Å². The van der Waals surface area contributed by atoms with Crippen molar-refractivity contribution >= 4 is 66.9 Å². The van der Waals surface area contributed by atoms with Crippen LogP contribution in [-0.4, -0.2) is 19.1 Å². The maximum absolute atomic E-state index is 5.39. The van der Waals surface area contributed by atoms with Gasteiger partial charge in [-0.15, -0.1) is 0 Å². The van der Waals surface area contributed by atoms with Crippen molar-refractivity contribution in [3.05, 3.63) is 180 Å². The zero-order valence-corrected chi connectivity index (χ0v) is 28.1. The molecule has 4 nitrogen and oxygen atoms in total. The number of fused-ring (bicyclic) bond motifs is 6. The summed E-state index contributed by atoms with van der Waals surface area (Å²) in [5, 5.41) is 9.88. The van der Waals surface area contributed by atoms with Crippen LogP contribution in [0.1, 0.15) is 11.3 Å². The Bertz CT molecular complexity index is 3110. The third-order valence-corrected chi connectivity index (χ3v) is 10.3. The average Bonchev–Trinajstić information content (AvgIpc) is 3.63. The van der Waals surface area contributed by atoms with Gasteiger partial charge in [-0.1, -0.05) is 134 Å². The third-order valence-electron chi connectivity index (χ3n) is 10.3. The zero-order chi connectivity index (χ0) is 34.1. The molecule has 0 unspecified atom stereocenters. The first kappa shape index (κ1) is 29.2. The van der Waals surface area contributed by atoms with Gasteiger partial charge in [0.1, 0.15) is 0 Å². The van der Waals surface area contributed by atoms with Crippen LogP contribution in [0.4, 0.5) is 0 Å². The molecule has 0 aliphatic carbocycles. The summed E-state index contributed by atoms with van der Waals surface area (Å²) in [5.41, 5.74) is 8.54. The molecule has 3 heterocycles. The topological polar surface area (TPSA) is 35.6 Å². The first-order valence-electron chi connectivity index (χ1n) is 17.3. The van der Waals surface area contributed by atoms with Crippen molar-refractivity contribution in [1.29, 1.82) is 0 Å². The van der Waals surface area contributed by atoms with Crippen LogP contribution < -0.4 is 10.6 Å². The number of nitrogens with zero attached hydrogens (tertiary/aromatic N) is 4. The molecule has 0 atom stereocenters. The summed E-state index contributed by atoms with van der Waals surface area (Å²) >= 11 is 0. The highest BCUT2D eigenvalue weighted by atomic mass is 15.2. The van der Waals surface area contributed by atoms with Crippen LogP contribution >= 0.6 is 0 Å². The molecular formula is C47H32N4. The lowest BCUT2D eigenvalue weighted by atomic mass is 10.0. The second-order valence-electron chi connectivity index (χ2n) is 13.2. The highest BCUT2D eigenvalue weighted by Gasteiger charge is 2.19. The summed E-state index contributed by atoms with van der Waals surface area (Å²) in [4.78, 5) is 10.6. The van der Waals surface area contributed by atoms with Crippen LogP contribution in [0.2, 0.25) is 0 Å². The normalized spacial score (nSPS) is 12.2. The van der Waals surface area contributed by atoms with Crippen LogP contribution in [0.3, 0.4) is 0 Å². The van der Waals surface area contributed by atoms with Gasteiger partial charge in [0.15, 0.2) is 0 Å². The standard InChI is InChI=1S/C47H32N4/c1-30-41(38-20-11-13-23-44(38)50(30)36-17-4-3-5-18-36)29-42-31(2)51(46-37-19-9-8-15-33(37)26-27-39(42)46)47-48-43-22-12-10-21-40(43)45(49-47)35-25-24-32-14-6-7-16-34(32)28-35/h3-29H,2H2,1H3/b42-29+. The highest BCUT2D eigenvalue weighted by Crippen LogP contribution is 2.33. The quantitative estimate of drug-likeness (QED) is 0.190. The monoisotopic (exact) mass is 652 g/mol. The predicted molar refractivity (Wildman–Crippen MR) is 213 cm³/mol. The van der Waals surface area contributed by atoms with Crippen molar-refractivity contribution < 1.29 is 0 Å². The van der Waals surface area contributed by atoms with Gasteiger partial charge in [-0.2, -0.15) is 0 Å². The lowest BCUT2D eigenvalue weighted by Crippen LogP contribution is -2.28. The first-order valence-corrected chi connectivity index (χ1v) is 17.3. The lowest BCUT2D eigenvalue weighted by Gasteiger charge is -2.12. The number of para-hydroxylation sites is 3. The van der Waals surface area contributed by atoms with Crippen molar-refractivity contribution in [2.24, 2.45) is 0 Å². The summed E-state index contributed by atoms with van der Waals surface area (Å²) in [6.45, 7) is 6.99. The Hall–Kier alpha value is -6.78. The molecule has 0 saturated heterocycles. The highest BCUT2D eigenvalue weighted by molar-refractivity contribution is 6.08. The molecule has 0 fully saturated rings. The average molecular weight is 653 g/mol. The van der Waals surface area contributed by atoms with Gasteiger partial charge in [-0.25, -0.2) is 9.97 Å². The van der Waals surface area contributed by atoms with Crippen molar-refractivity contribution in [2.75, 3.05) is 0 Å². The zero-order valence-electron chi connectivity index (χ0n) is 28.1. The van der Waals surface area contributed by atoms with Gasteiger partial charge >= 0.3 is 0 Å². The van der Waals surface area contributed by atoms with Crippen LogP contribution in [0.15, 0.2) is 158 Å². The molecule has 10 aromatic rings. The van der Waals surface area contributed by atoms with E-state index < -0.39 is 0 Å². The van der Waals surface area contributed by atoms with E-state index in [1.54, 1.807) is 0 Å². The Morgan fingerprint density at radius 3 is 2.06 bits per heavy atom. The van der Waals surface area contributed by atoms with E-state index in [0.29, 0.717) is 5.95 Å². The molecule has 51 heavy (non-hydrogen) atoms. The van der Waals surface area contributed by atoms with Crippen LogP contribution in [0.5, 0.6) is 0 Å². The lowest BCUT2D eigenvalue weighted by molar-refractivity contribution is 0.956. The van der Waals surface area contributed by atoms with Gasteiger partial charge < -0.3 is 4.57 Å². The molecule has 240 valence electrons. The molecule has 10 rings (SSSR count). The van der Waals surface area contributed by atoms with Gasteiger partial charge in [0, 0.05) is 54.6 Å².